The van der Waals surface area contributed by atoms with Crippen molar-refractivity contribution in [2.75, 3.05) is 19.6 Å². The summed E-state index contributed by atoms with van der Waals surface area (Å²) in [5, 5.41) is 1.12. The molecule has 1 amide bonds. The Balaban J connectivity index is 2.02. The SMILES string of the molecule is C=C(C)c1c[nH]c2c1=C(N1C[C@@H](C)N(C(=O)OC(C)(C)C)C[C@@H]1C)C(C)=CCN=2. The van der Waals surface area contributed by atoms with Crippen LogP contribution in [0, 0.1) is 0 Å². The van der Waals surface area contributed by atoms with Gasteiger partial charge in [-0.05, 0) is 59.6 Å². The van der Waals surface area contributed by atoms with Gasteiger partial charge in [0.25, 0.3) is 0 Å². The number of piperazine rings is 1. The van der Waals surface area contributed by atoms with Gasteiger partial charge in [0.05, 0.1) is 12.2 Å². The van der Waals surface area contributed by atoms with E-state index in [-0.39, 0.29) is 18.2 Å². The molecule has 1 N–H and O–H groups in total. The quantitative estimate of drug-likeness (QED) is 0.833. The van der Waals surface area contributed by atoms with Crippen molar-refractivity contribution in [3.8, 4) is 0 Å². The van der Waals surface area contributed by atoms with Crippen LogP contribution < -0.4 is 10.7 Å². The van der Waals surface area contributed by atoms with Crippen molar-refractivity contribution in [1.29, 1.82) is 0 Å². The van der Waals surface area contributed by atoms with Crippen molar-refractivity contribution in [3.63, 3.8) is 0 Å². The first-order valence-electron chi connectivity index (χ1n) is 10.3. The maximum Gasteiger partial charge on any atom is 0.410 e. The van der Waals surface area contributed by atoms with Crippen LogP contribution in [-0.2, 0) is 4.74 Å². The largest absolute Gasteiger partial charge is 0.444 e. The predicted molar refractivity (Wildman–Crippen MR) is 117 cm³/mol. The van der Waals surface area contributed by atoms with Crippen molar-refractivity contribution in [2.45, 2.75) is 66.2 Å². The summed E-state index contributed by atoms with van der Waals surface area (Å²) in [6.07, 6.45) is 3.93. The van der Waals surface area contributed by atoms with E-state index in [0.717, 1.165) is 28.4 Å². The second-order valence-corrected chi connectivity index (χ2v) is 9.27. The number of amides is 1. The van der Waals surface area contributed by atoms with Gasteiger partial charge >= 0.3 is 6.09 Å². The van der Waals surface area contributed by atoms with E-state index < -0.39 is 5.60 Å². The smallest absolute Gasteiger partial charge is 0.410 e. The minimum atomic E-state index is -0.496. The van der Waals surface area contributed by atoms with E-state index in [1.54, 1.807) is 0 Å². The third kappa shape index (κ3) is 4.26. The van der Waals surface area contributed by atoms with Gasteiger partial charge in [0, 0.05) is 42.2 Å². The molecule has 1 fully saturated rings. The number of H-pyrrole nitrogens is 1. The summed E-state index contributed by atoms with van der Waals surface area (Å²) < 4.78 is 5.63. The Kier molecular flexibility index (Phi) is 5.65. The lowest BCUT2D eigenvalue weighted by Crippen LogP contribution is -2.59. The molecule has 2 aliphatic heterocycles. The van der Waals surface area contributed by atoms with Gasteiger partial charge in [-0.15, -0.1) is 0 Å². The van der Waals surface area contributed by atoms with E-state index in [2.05, 4.69) is 43.3 Å². The number of carbonyl (C=O) groups is 1. The zero-order valence-electron chi connectivity index (χ0n) is 18.8. The summed E-state index contributed by atoms with van der Waals surface area (Å²) in [6, 6.07) is 0.188. The number of nitrogens with one attached hydrogen (secondary N) is 1. The van der Waals surface area contributed by atoms with Crippen molar-refractivity contribution >= 4 is 17.4 Å². The monoisotopic (exact) mass is 398 g/mol. The number of aromatic nitrogens is 1. The van der Waals surface area contributed by atoms with E-state index in [9.17, 15) is 4.79 Å². The molecule has 0 spiro atoms. The molecule has 3 heterocycles. The summed E-state index contributed by atoms with van der Waals surface area (Å²) >= 11 is 0. The average Bonchev–Trinajstić information content (AvgIpc) is 2.93. The van der Waals surface area contributed by atoms with Crippen LogP contribution in [0.3, 0.4) is 0 Å². The Morgan fingerprint density at radius 2 is 1.97 bits per heavy atom. The molecule has 0 aliphatic carbocycles. The molecular weight excluding hydrogens is 364 g/mol. The fourth-order valence-electron chi connectivity index (χ4n) is 4.06. The Morgan fingerprint density at radius 1 is 1.28 bits per heavy atom. The van der Waals surface area contributed by atoms with Crippen LogP contribution in [0.1, 0.15) is 54.0 Å². The zero-order chi connectivity index (χ0) is 21.5. The first-order chi connectivity index (χ1) is 13.5. The summed E-state index contributed by atoms with van der Waals surface area (Å²) in [5.74, 6) is 0. The molecule has 1 aromatic rings. The standard InChI is InChI=1S/C23H34N4O2/c1-14(2)18-11-25-21-19(18)20(15(3)9-10-24-21)26-12-17(5)27(13-16(26)4)22(28)29-23(6,7)8/h9,11,16-17H,1,10,12-13H2,2-8H3,(H,24,25)/t16-,17+/m0/s1. The van der Waals surface area contributed by atoms with Crippen LogP contribution in [0.4, 0.5) is 4.79 Å². The van der Waals surface area contributed by atoms with Crippen molar-refractivity contribution < 1.29 is 9.53 Å². The first-order valence-corrected chi connectivity index (χ1v) is 10.3. The van der Waals surface area contributed by atoms with Gasteiger partial charge in [-0.3, -0.25) is 4.99 Å². The van der Waals surface area contributed by atoms with Crippen molar-refractivity contribution in [2.24, 2.45) is 4.99 Å². The highest BCUT2D eigenvalue weighted by Gasteiger charge is 2.36. The number of fused-ring (bicyclic) bond motifs is 1. The second-order valence-electron chi connectivity index (χ2n) is 9.27. The maximum atomic E-state index is 12.7. The molecule has 6 nitrogen and oxygen atoms in total. The number of rotatable bonds is 2. The second kappa shape index (κ2) is 7.73. The summed E-state index contributed by atoms with van der Waals surface area (Å²) in [5.41, 5.74) is 4.91. The lowest BCUT2D eigenvalue weighted by atomic mass is 10.0. The molecular formula is C23H34N4O2. The predicted octanol–water partition coefficient (Wildman–Crippen LogP) is 3.07. The Labute approximate surface area is 173 Å². The summed E-state index contributed by atoms with van der Waals surface area (Å²) in [4.78, 5) is 25.0. The van der Waals surface area contributed by atoms with Crippen LogP contribution >= 0.6 is 0 Å². The molecule has 0 radical (unpaired) electrons. The minimum absolute atomic E-state index is 0.0391. The Bertz CT molecular complexity index is 964. The molecule has 2 aliphatic rings. The van der Waals surface area contributed by atoms with Crippen molar-refractivity contribution in [1.82, 2.24) is 14.8 Å². The van der Waals surface area contributed by atoms with Gasteiger partial charge in [-0.2, -0.15) is 0 Å². The maximum absolute atomic E-state index is 12.7. The van der Waals surface area contributed by atoms with E-state index in [4.69, 9.17) is 9.73 Å². The topological polar surface area (TPSA) is 60.9 Å². The number of hydrogen-bond donors (Lipinski definition) is 1. The van der Waals surface area contributed by atoms with E-state index in [1.165, 1.54) is 11.3 Å². The van der Waals surface area contributed by atoms with E-state index in [1.807, 2.05) is 38.8 Å². The highest BCUT2D eigenvalue weighted by atomic mass is 16.6. The van der Waals surface area contributed by atoms with Gasteiger partial charge in [-0.25, -0.2) is 4.79 Å². The normalized spacial score (nSPS) is 22.4. The molecule has 158 valence electrons. The summed E-state index contributed by atoms with van der Waals surface area (Å²) in [6.45, 7) is 20.3. The lowest BCUT2D eigenvalue weighted by molar-refractivity contribution is -0.000903. The van der Waals surface area contributed by atoms with Crippen LogP contribution in [-0.4, -0.2) is 58.2 Å². The van der Waals surface area contributed by atoms with Gasteiger partial charge in [0.1, 0.15) is 11.1 Å². The number of carbonyl (C=O) groups excluding carboxylic acids is 1. The number of ether oxygens (including phenoxy) is 1. The number of allylic oxidation sites excluding steroid dienone is 1. The molecule has 1 aromatic heterocycles. The Hall–Kier alpha value is -2.50. The molecule has 2 atom stereocenters. The van der Waals surface area contributed by atoms with Crippen LogP contribution in [0.5, 0.6) is 0 Å². The molecule has 6 heteroatoms. The minimum Gasteiger partial charge on any atom is -0.444 e. The van der Waals surface area contributed by atoms with Crippen LogP contribution in [0.2, 0.25) is 0 Å². The highest BCUT2D eigenvalue weighted by molar-refractivity contribution is 5.72. The molecule has 0 aromatic carbocycles. The molecule has 3 rings (SSSR count). The van der Waals surface area contributed by atoms with Gasteiger partial charge < -0.3 is 19.5 Å². The van der Waals surface area contributed by atoms with Gasteiger partial charge in [0.2, 0.25) is 0 Å². The van der Waals surface area contributed by atoms with E-state index in [0.29, 0.717) is 13.1 Å². The zero-order valence-corrected chi connectivity index (χ0v) is 18.8. The third-order valence-electron chi connectivity index (χ3n) is 5.48. The van der Waals surface area contributed by atoms with Gasteiger partial charge in [0.15, 0.2) is 0 Å². The Morgan fingerprint density at radius 3 is 2.59 bits per heavy atom. The first kappa shape index (κ1) is 21.2. The molecule has 0 saturated carbocycles. The number of nitrogens with zero attached hydrogens (tertiary/aromatic N) is 3. The van der Waals surface area contributed by atoms with Crippen LogP contribution in [0.15, 0.2) is 29.4 Å². The molecule has 0 unspecified atom stereocenters. The summed E-state index contributed by atoms with van der Waals surface area (Å²) in [7, 11) is 0. The van der Waals surface area contributed by atoms with Crippen molar-refractivity contribution in [3.05, 3.63) is 40.7 Å². The van der Waals surface area contributed by atoms with E-state index >= 15 is 0 Å². The number of hydrogen-bond acceptors (Lipinski definition) is 4. The molecule has 29 heavy (non-hydrogen) atoms. The number of aromatic amines is 1. The van der Waals surface area contributed by atoms with Crippen LogP contribution in [0.25, 0.3) is 11.3 Å². The average molecular weight is 399 g/mol. The molecule has 1 saturated heterocycles. The fourth-order valence-corrected chi connectivity index (χ4v) is 4.06. The fraction of sp³-hybridized carbons (Fsp3) is 0.565. The third-order valence-corrected chi connectivity index (χ3v) is 5.48. The lowest BCUT2D eigenvalue weighted by Gasteiger charge is -2.46. The highest BCUT2D eigenvalue weighted by Crippen LogP contribution is 2.26. The molecule has 0 bridgehead atoms. The van der Waals surface area contributed by atoms with Gasteiger partial charge in [-0.1, -0.05) is 12.7 Å².